The SMILES string of the molecule is CS(=O)(=O)CCC(O)c1cc(Br)cs1. The summed E-state index contributed by atoms with van der Waals surface area (Å²) in [5, 5.41) is 11.5. The first-order valence-electron chi connectivity index (χ1n) is 3.98. The molecular formula is C8H11BrO3S2. The molecule has 1 heterocycles. The van der Waals surface area contributed by atoms with Crippen LogP contribution in [0.2, 0.25) is 0 Å². The highest BCUT2D eigenvalue weighted by Gasteiger charge is 2.12. The molecule has 1 rings (SSSR count). The molecule has 0 aliphatic heterocycles. The predicted octanol–water partition coefficient (Wildman–Crippen LogP) is 1.98. The van der Waals surface area contributed by atoms with Crippen molar-refractivity contribution in [3.63, 3.8) is 0 Å². The number of hydrogen-bond acceptors (Lipinski definition) is 4. The summed E-state index contributed by atoms with van der Waals surface area (Å²) < 4.78 is 22.6. The van der Waals surface area contributed by atoms with Crippen molar-refractivity contribution in [2.75, 3.05) is 12.0 Å². The van der Waals surface area contributed by atoms with Gasteiger partial charge in [-0.15, -0.1) is 11.3 Å². The van der Waals surface area contributed by atoms with Crippen molar-refractivity contribution in [2.24, 2.45) is 0 Å². The zero-order valence-corrected chi connectivity index (χ0v) is 10.8. The Morgan fingerprint density at radius 1 is 1.64 bits per heavy atom. The van der Waals surface area contributed by atoms with Crippen molar-refractivity contribution in [3.05, 3.63) is 20.8 Å². The lowest BCUT2D eigenvalue weighted by Crippen LogP contribution is -2.07. The number of sulfone groups is 1. The normalized spacial score (nSPS) is 14.2. The van der Waals surface area contributed by atoms with Crippen LogP contribution in [-0.4, -0.2) is 25.5 Å². The zero-order valence-electron chi connectivity index (χ0n) is 7.60. The van der Waals surface area contributed by atoms with Crippen LogP contribution in [0.3, 0.4) is 0 Å². The molecule has 0 spiro atoms. The van der Waals surface area contributed by atoms with Gasteiger partial charge >= 0.3 is 0 Å². The lowest BCUT2D eigenvalue weighted by molar-refractivity contribution is 0.178. The minimum Gasteiger partial charge on any atom is -0.388 e. The Kier molecular flexibility index (Phi) is 4.12. The van der Waals surface area contributed by atoms with Gasteiger partial charge in [0.2, 0.25) is 0 Å². The maximum absolute atomic E-state index is 10.9. The van der Waals surface area contributed by atoms with Gasteiger partial charge in [-0.1, -0.05) is 0 Å². The van der Waals surface area contributed by atoms with Crippen LogP contribution in [-0.2, 0) is 9.84 Å². The quantitative estimate of drug-likeness (QED) is 0.925. The molecule has 1 aromatic heterocycles. The lowest BCUT2D eigenvalue weighted by atomic mass is 10.2. The van der Waals surface area contributed by atoms with Crippen LogP contribution in [0.1, 0.15) is 17.4 Å². The first-order valence-corrected chi connectivity index (χ1v) is 7.71. The number of aliphatic hydroxyl groups excluding tert-OH is 1. The van der Waals surface area contributed by atoms with E-state index in [-0.39, 0.29) is 12.2 Å². The van der Waals surface area contributed by atoms with E-state index >= 15 is 0 Å². The van der Waals surface area contributed by atoms with Gasteiger partial charge in [-0.05, 0) is 28.4 Å². The summed E-state index contributed by atoms with van der Waals surface area (Å²) in [6.07, 6.45) is 0.747. The average Bonchev–Trinajstić information content (AvgIpc) is 2.46. The lowest BCUT2D eigenvalue weighted by Gasteiger charge is -2.06. The van der Waals surface area contributed by atoms with E-state index in [9.17, 15) is 13.5 Å². The average molecular weight is 299 g/mol. The summed E-state index contributed by atoms with van der Waals surface area (Å²) >= 11 is 4.69. The number of hydrogen-bond donors (Lipinski definition) is 1. The summed E-state index contributed by atoms with van der Waals surface area (Å²) in [6, 6.07) is 1.80. The van der Waals surface area contributed by atoms with Gasteiger partial charge in [0.1, 0.15) is 9.84 Å². The second kappa shape index (κ2) is 4.74. The minimum absolute atomic E-state index is 0.0175. The molecule has 6 heteroatoms. The summed E-state index contributed by atoms with van der Waals surface area (Å²) in [5.74, 6) is 0.0175. The Labute approximate surface area is 95.8 Å². The van der Waals surface area contributed by atoms with Crippen molar-refractivity contribution in [2.45, 2.75) is 12.5 Å². The van der Waals surface area contributed by atoms with Gasteiger partial charge in [-0.3, -0.25) is 0 Å². The molecule has 1 N–H and O–H groups in total. The maximum atomic E-state index is 10.9. The molecule has 0 radical (unpaired) electrons. The van der Waals surface area contributed by atoms with Crippen molar-refractivity contribution in [1.29, 1.82) is 0 Å². The maximum Gasteiger partial charge on any atom is 0.147 e. The van der Waals surface area contributed by atoms with Gasteiger partial charge in [0.25, 0.3) is 0 Å². The molecule has 0 saturated carbocycles. The molecule has 0 amide bonds. The molecular weight excluding hydrogens is 288 g/mol. The second-order valence-corrected chi connectivity index (χ2v) is 7.22. The van der Waals surface area contributed by atoms with Crippen molar-refractivity contribution < 1.29 is 13.5 Å². The van der Waals surface area contributed by atoms with E-state index in [0.29, 0.717) is 0 Å². The second-order valence-electron chi connectivity index (χ2n) is 3.10. The largest absolute Gasteiger partial charge is 0.388 e. The summed E-state index contributed by atoms with van der Waals surface area (Å²) in [6.45, 7) is 0. The van der Waals surface area contributed by atoms with Crippen LogP contribution in [0.4, 0.5) is 0 Å². The number of aliphatic hydroxyl groups is 1. The Morgan fingerprint density at radius 3 is 2.71 bits per heavy atom. The Hall–Kier alpha value is 0.0900. The highest BCUT2D eigenvalue weighted by Crippen LogP contribution is 2.27. The molecule has 0 fully saturated rings. The third-order valence-corrected chi connectivity index (χ3v) is 4.45. The standard InChI is InChI=1S/C8H11BrO3S2/c1-14(11,12)3-2-7(10)8-4-6(9)5-13-8/h4-5,7,10H,2-3H2,1H3. The summed E-state index contributed by atoms with van der Waals surface area (Å²) in [7, 11) is -2.99. The van der Waals surface area contributed by atoms with Crippen LogP contribution in [0.15, 0.2) is 15.9 Å². The molecule has 1 unspecified atom stereocenters. The Bertz CT molecular complexity index is 396. The fraction of sp³-hybridized carbons (Fsp3) is 0.500. The fourth-order valence-electron chi connectivity index (χ4n) is 0.971. The molecule has 0 saturated heterocycles. The van der Waals surface area contributed by atoms with Crippen LogP contribution in [0, 0.1) is 0 Å². The van der Waals surface area contributed by atoms with Gasteiger partial charge in [0, 0.05) is 21.0 Å². The van der Waals surface area contributed by atoms with E-state index in [1.807, 2.05) is 5.38 Å². The third kappa shape index (κ3) is 4.08. The van der Waals surface area contributed by atoms with E-state index in [1.54, 1.807) is 6.07 Å². The molecule has 0 aliphatic carbocycles. The van der Waals surface area contributed by atoms with Gasteiger partial charge in [0.15, 0.2) is 0 Å². The molecule has 3 nitrogen and oxygen atoms in total. The molecule has 0 aromatic carbocycles. The molecule has 0 aliphatic rings. The van der Waals surface area contributed by atoms with Crippen LogP contribution in [0.25, 0.3) is 0 Å². The van der Waals surface area contributed by atoms with Gasteiger partial charge < -0.3 is 5.11 Å². The summed E-state index contributed by atoms with van der Waals surface area (Å²) in [5.41, 5.74) is 0. The molecule has 14 heavy (non-hydrogen) atoms. The third-order valence-electron chi connectivity index (χ3n) is 1.68. The van der Waals surface area contributed by atoms with Crippen molar-refractivity contribution in [3.8, 4) is 0 Å². The van der Waals surface area contributed by atoms with Gasteiger partial charge in [0.05, 0.1) is 11.9 Å². The van der Waals surface area contributed by atoms with Crippen LogP contribution >= 0.6 is 27.3 Å². The fourth-order valence-corrected chi connectivity index (χ4v) is 3.09. The minimum atomic E-state index is -2.99. The van der Waals surface area contributed by atoms with Crippen molar-refractivity contribution >= 4 is 37.1 Å². The summed E-state index contributed by atoms with van der Waals surface area (Å²) in [4.78, 5) is 0.792. The van der Waals surface area contributed by atoms with Crippen molar-refractivity contribution in [1.82, 2.24) is 0 Å². The van der Waals surface area contributed by atoms with Crippen LogP contribution in [0.5, 0.6) is 0 Å². The van der Waals surface area contributed by atoms with E-state index in [2.05, 4.69) is 15.9 Å². The van der Waals surface area contributed by atoms with Crippen LogP contribution < -0.4 is 0 Å². The molecule has 1 aromatic rings. The Morgan fingerprint density at radius 2 is 2.29 bits per heavy atom. The number of thiophene rings is 1. The molecule has 1 atom stereocenters. The van der Waals surface area contributed by atoms with E-state index in [4.69, 9.17) is 0 Å². The van der Waals surface area contributed by atoms with Gasteiger partial charge in [-0.2, -0.15) is 0 Å². The monoisotopic (exact) mass is 298 g/mol. The smallest absolute Gasteiger partial charge is 0.147 e. The van der Waals surface area contributed by atoms with Gasteiger partial charge in [-0.25, -0.2) is 8.42 Å². The zero-order chi connectivity index (χ0) is 10.8. The number of rotatable bonds is 4. The van der Waals surface area contributed by atoms with E-state index in [1.165, 1.54) is 17.6 Å². The topological polar surface area (TPSA) is 54.4 Å². The highest BCUT2D eigenvalue weighted by atomic mass is 79.9. The van der Waals surface area contributed by atoms with E-state index in [0.717, 1.165) is 9.35 Å². The first kappa shape index (κ1) is 12.2. The van der Waals surface area contributed by atoms with E-state index < -0.39 is 15.9 Å². The Balaban J connectivity index is 2.55. The molecule has 80 valence electrons. The first-order chi connectivity index (χ1) is 6.38. The predicted molar refractivity (Wildman–Crippen MR) is 61.3 cm³/mol. The highest BCUT2D eigenvalue weighted by molar-refractivity contribution is 9.10. The molecule has 0 bridgehead atoms. The number of halogens is 1.